The molecule has 0 spiro atoms. The molecule has 10 heteroatoms. The molecule has 2 aromatic carbocycles. The molecular formula is C29H38N4O6. The highest BCUT2D eigenvalue weighted by molar-refractivity contribution is 5.95. The number of esters is 1. The first-order chi connectivity index (χ1) is 18.8. The standard InChI is InChI=1S/C29H38N4O6/c1-37-24-14-11-21(16-25(24)38-2)17-26(34)33-29(30)32-23(15-19-7-5-4-6-8-19)27(35)31-18-20-9-12-22(13-10-20)28(36)39-3/h9-14,16,19,23H,4-8,15,17-18H2,1-3H3,(H,31,35)(H3,30,32,33,34)/t23-/m1/s1. The third-order valence-corrected chi connectivity index (χ3v) is 6.82. The fourth-order valence-electron chi connectivity index (χ4n) is 4.73. The van der Waals surface area contributed by atoms with Crippen LogP contribution in [0.5, 0.6) is 11.5 Å². The van der Waals surface area contributed by atoms with Gasteiger partial charge in [0.2, 0.25) is 5.91 Å². The van der Waals surface area contributed by atoms with Gasteiger partial charge >= 0.3 is 5.97 Å². The molecule has 1 atom stereocenters. The summed E-state index contributed by atoms with van der Waals surface area (Å²) in [4.78, 5) is 41.4. The predicted molar refractivity (Wildman–Crippen MR) is 148 cm³/mol. The average molecular weight is 539 g/mol. The van der Waals surface area contributed by atoms with Crippen molar-refractivity contribution in [3.63, 3.8) is 0 Å². The van der Waals surface area contributed by atoms with E-state index in [0.717, 1.165) is 31.2 Å². The number of hydrogen-bond acceptors (Lipinski definition) is 6. The van der Waals surface area contributed by atoms with Crippen molar-refractivity contribution < 1.29 is 28.6 Å². The summed E-state index contributed by atoms with van der Waals surface area (Å²) in [7, 11) is 4.40. The van der Waals surface area contributed by atoms with E-state index in [9.17, 15) is 14.4 Å². The third kappa shape index (κ3) is 9.01. The molecule has 0 saturated heterocycles. The molecule has 0 bridgehead atoms. The van der Waals surface area contributed by atoms with E-state index in [-0.39, 0.29) is 24.8 Å². The first-order valence-electron chi connectivity index (χ1n) is 13.1. The Balaban J connectivity index is 1.64. The van der Waals surface area contributed by atoms with Crippen molar-refractivity contribution in [2.24, 2.45) is 16.6 Å². The summed E-state index contributed by atoms with van der Waals surface area (Å²) in [5.74, 6) is 0.266. The van der Waals surface area contributed by atoms with E-state index in [1.54, 1.807) is 49.6 Å². The van der Waals surface area contributed by atoms with E-state index in [4.69, 9.17) is 19.9 Å². The Morgan fingerprint density at radius 3 is 2.26 bits per heavy atom. The number of rotatable bonds is 11. The summed E-state index contributed by atoms with van der Waals surface area (Å²) in [6.45, 7) is 0.276. The number of methoxy groups -OCH3 is 3. The zero-order valence-corrected chi connectivity index (χ0v) is 22.8. The van der Waals surface area contributed by atoms with Crippen LogP contribution in [0.3, 0.4) is 0 Å². The van der Waals surface area contributed by atoms with Crippen LogP contribution >= 0.6 is 0 Å². The summed E-state index contributed by atoms with van der Waals surface area (Å²) in [5.41, 5.74) is 8.06. The van der Waals surface area contributed by atoms with E-state index >= 15 is 0 Å². The lowest BCUT2D eigenvalue weighted by Crippen LogP contribution is -2.50. The van der Waals surface area contributed by atoms with Gasteiger partial charge in [-0.15, -0.1) is 0 Å². The average Bonchev–Trinajstić information content (AvgIpc) is 2.95. The van der Waals surface area contributed by atoms with Gasteiger partial charge in [0.05, 0.1) is 33.3 Å². The topological polar surface area (TPSA) is 141 Å². The maximum absolute atomic E-state index is 13.2. The molecule has 3 rings (SSSR count). The summed E-state index contributed by atoms with van der Waals surface area (Å²) in [5, 5.41) is 5.91. The number of benzene rings is 2. The summed E-state index contributed by atoms with van der Waals surface area (Å²) < 4.78 is 15.2. The highest BCUT2D eigenvalue weighted by Crippen LogP contribution is 2.28. The molecule has 210 valence electrons. The van der Waals surface area contributed by atoms with Crippen LogP contribution in [0.4, 0.5) is 0 Å². The fourth-order valence-corrected chi connectivity index (χ4v) is 4.73. The number of carbonyl (C=O) groups is 3. The molecule has 2 amide bonds. The van der Waals surface area contributed by atoms with Crippen molar-refractivity contribution in [3.05, 3.63) is 59.2 Å². The Labute approximate surface area is 229 Å². The van der Waals surface area contributed by atoms with Crippen molar-refractivity contribution in [2.75, 3.05) is 21.3 Å². The summed E-state index contributed by atoms with van der Waals surface area (Å²) in [6, 6.07) is 11.4. The number of carbonyl (C=O) groups excluding carboxylic acids is 3. The van der Waals surface area contributed by atoms with Gasteiger partial charge in [0.25, 0.3) is 5.91 Å². The molecular weight excluding hydrogens is 500 g/mol. The lowest BCUT2D eigenvalue weighted by atomic mass is 9.84. The second kappa shape index (κ2) is 14.8. The van der Waals surface area contributed by atoms with E-state index in [1.807, 2.05) is 0 Å². The molecule has 1 saturated carbocycles. The molecule has 4 N–H and O–H groups in total. The molecule has 0 unspecified atom stereocenters. The molecule has 0 aromatic heterocycles. The number of aliphatic imine (C=N–C) groups is 1. The van der Waals surface area contributed by atoms with E-state index in [0.29, 0.717) is 35.0 Å². The maximum Gasteiger partial charge on any atom is 0.337 e. The highest BCUT2D eigenvalue weighted by atomic mass is 16.5. The monoisotopic (exact) mass is 538 g/mol. The fraction of sp³-hybridized carbons (Fsp3) is 0.448. The van der Waals surface area contributed by atoms with Crippen LogP contribution in [0.1, 0.15) is 60.0 Å². The van der Waals surface area contributed by atoms with Gasteiger partial charge in [-0.3, -0.25) is 9.59 Å². The van der Waals surface area contributed by atoms with Gasteiger partial charge in [-0.25, -0.2) is 4.79 Å². The van der Waals surface area contributed by atoms with Gasteiger partial charge in [0.1, 0.15) is 6.04 Å². The molecule has 1 aliphatic rings. The largest absolute Gasteiger partial charge is 0.493 e. The van der Waals surface area contributed by atoms with E-state index < -0.39 is 17.9 Å². The number of nitrogens with zero attached hydrogens (tertiary/aromatic N) is 1. The molecule has 1 fully saturated rings. The number of hydrogen-bond donors (Lipinski definition) is 3. The Bertz CT molecular complexity index is 1160. The zero-order valence-electron chi connectivity index (χ0n) is 22.8. The Hall–Kier alpha value is -4.08. The first kappa shape index (κ1) is 29.5. The molecule has 2 aromatic rings. The Morgan fingerprint density at radius 1 is 0.949 bits per heavy atom. The molecule has 10 nitrogen and oxygen atoms in total. The van der Waals surface area contributed by atoms with Crippen molar-refractivity contribution in [2.45, 2.75) is 57.5 Å². The SMILES string of the molecule is COC(=O)c1ccc(CNC(=O)[C@@H](CC2CCCCC2)NC(N)=NC(=O)Cc2ccc(OC)c(OC)c2)cc1. The first-order valence-corrected chi connectivity index (χ1v) is 13.1. The van der Waals surface area contributed by atoms with Crippen molar-refractivity contribution in [1.82, 2.24) is 10.6 Å². The number of ether oxygens (including phenoxy) is 3. The van der Waals surface area contributed by atoms with Crippen LogP contribution < -0.4 is 25.8 Å². The van der Waals surface area contributed by atoms with Crippen molar-refractivity contribution in [3.8, 4) is 11.5 Å². The predicted octanol–water partition coefficient (Wildman–Crippen LogP) is 3.12. The number of nitrogens with one attached hydrogen (secondary N) is 2. The van der Waals surface area contributed by atoms with E-state index in [1.165, 1.54) is 20.6 Å². The Morgan fingerprint density at radius 2 is 1.62 bits per heavy atom. The van der Waals surface area contributed by atoms with Gasteiger partial charge in [-0.1, -0.05) is 50.3 Å². The molecule has 0 heterocycles. The quantitative estimate of drug-likeness (QED) is 0.225. The third-order valence-electron chi connectivity index (χ3n) is 6.82. The van der Waals surface area contributed by atoms with Crippen LogP contribution in [0.15, 0.2) is 47.5 Å². The van der Waals surface area contributed by atoms with E-state index in [2.05, 4.69) is 15.6 Å². The molecule has 0 aliphatic heterocycles. The minimum atomic E-state index is -0.639. The number of guanidine groups is 1. The zero-order chi connectivity index (χ0) is 28.2. The molecule has 1 aliphatic carbocycles. The van der Waals surface area contributed by atoms with Crippen LogP contribution in [0.2, 0.25) is 0 Å². The second-order valence-electron chi connectivity index (χ2n) is 9.60. The summed E-state index contributed by atoms with van der Waals surface area (Å²) >= 11 is 0. The summed E-state index contributed by atoms with van der Waals surface area (Å²) in [6.07, 6.45) is 6.19. The smallest absolute Gasteiger partial charge is 0.337 e. The molecule has 0 radical (unpaired) electrons. The Kier molecular flexibility index (Phi) is 11.1. The lowest BCUT2D eigenvalue weighted by molar-refractivity contribution is -0.123. The van der Waals surface area contributed by atoms with Gasteiger partial charge < -0.3 is 30.6 Å². The van der Waals surface area contributed by atoms with Crippen molar-refractivity contribution >= 4 is 23.7 Å². The van der Waals surface area contributed by atoms with Crippen LogP contribution in [-0.2, 0) is 27.3 Å². The minimum absolute atomic E-state index is 0.0177. The lowest BCUT2D eigenvalue weighted by Gasteiger charge is -2.27. The van der Waals surface area contributed by atoms with Gasteiger partial charge in [0, 0.05) is 6.54 Å². The number of amides is 2. The maximum atomic E-state index is 13.2. The normalized spacial score (nSPS) is 14.7. The van der Waals surface area contributed by atoms with Gasteiger partial charge in [-0.05, 0) is 47.7 Å². The van der Waals surface area contributed by atoms with Crippen LogP contribution in [0, 0.1) is 5.92 Å². The second-order valence-corrected chi connectivity index (χ2v) is 9.60. The highest BCUT2D eigenvalue weighted by Gasteiger charge is 2.25. The van der Waals surface area contributed by atoms with Crippen LogP contribution in [-0.4, -0.2) is 51.1 Å². The van der Waals surface area contributed by atoms with Gasteiger partial charge in [0.15, 0.2) is 17.5 Å². The number of nitrogens with two attached hydrogens (primary N) is 1. The molecule has 39 heavy (non-hydrogen) atoms. The van der Waals surface area contributed by atoms with Crippen molar-refractivity contribution in [1.29, 1.82) is 0 Å². The minimum Gasteiger partial charge on any atom is -0.493 e. The van der Waals surface area contributed by atoms with Gasteiger partial charge in [-0.2, -0.15) is 4.99 Å². The van der Waals surface area contributed by atoms with Crippen LogP contribution in [0.25, 0.3) is 0 Å².